The van der Waals surface area contributed by atoms with E-state index in [-0.39, 0.29) is 17.9 Å². The highest BCUT2D eigenvalue weighted by Crippen LogP contribution is 2.24. The summed E-state index contributed by atoms with van der Waals surface area (Å²) >= 11 is 0. The molecule has 1 amide bonds. The molecule has 0 atom stereocenters. The Bertz CT molecular complexity index is 1280. The van der Waals surface area contributed by atoms with E-state index < -0.39 is 11.3 Å². The normalized spacial score (nSPS) is 10.8. The number of pyridine rings is 2. The van der Waals surface area contributed by atoms with E-state index in [4.69, 9.17) is 0 Å². The molecule has 6 heteroatoms. The summed E-state index contributed by atoms with van der Waals surface area (Å²) in [4.78, 5) is 32.7. The topological polar surface area (TPSA) is 74.8 Å². The number of halogens is 1. The van der Waals surface area contributed by atoms with Gasteiger partial charge in [0, 0.05) is 24.5 Å². The number of nitrogens with zero attached hydrogens (tertiary/aromatic N) is 1. The van der Waals surface area contributed by atoms with Gasteiger partial charge in [-0.05, 0) is 41.8 Å². The summed E-state index contributed by atoms with van der Waals surface area (Å²) in [6.45, 7) is 2.11. The molecule has 144 valence electrons. The van der Waals surface area contributed by atoms with Gasteiger partial charge in [-0.15, -0.1) is 0 Å². The number of amides is 1. The molecule has 2 heterocycles. The van der Waals surface area contributed by atoms with Crippen LogP contribution in [0.5, 0.6) is 0 Å². The first-order chi connectivity index (χ1) is 14.0. The van der Waals surface area contributed by atoms with Crippen LogP contribution in [0, 0.1) is 12.7 Å². The van der Waals surface area contributed by atoms with Crippen LogP contribution in [-0.4, -0.2) is 15.9 Å². The molecule has 0 saturated carbocycles. The van der Waals surface area contributed by atoms with Gasteiger partial charge in [-0.25, -0.2) is 9.37 Å². The van der Waals surface area contributed by atoms with Crippen LogP contribution < -0.4 is 10.7 Å². The predicted octanol–water partition coefficient (Wildman–Crippen LogP) is 3.97. The zero-order valence-corrected chi connectivity index (χ0v) is 15.7. The second-order valence-corrected chi connectivity index (χ2v) is 6.78. The van der Waals surface area contributed by atoms with Crippen LogP contribution in [-0.2, 0) is 6.54 Å². The van der Waals surface area contributed by atoms with Gasteiger partial charge in [-0.2, -0.15) is 0 Å². The summed E-state index contributed by atoms with van der Waals surface area (Å²) in [7, 11) is 0. The summed E-state index contributed by atoms with van der Waals surface area (Å²) in [5.41, 5.74) is 3.44. The Balaban J connectivity index is 1.67. The number of hydrogen-bond acceptors (Lipinski definition) is 3. The maximum atomic E-state index is 13.3. The summed E-state index contributed by atoms with van der Waals surface area (Å²) in [6, 6.07) is 15.5. The van der Waals surface area contributed by atoms with E-state index in [0.29, 0.717) is 16.6 Å². The van der Waals surface area contributed by atoms with E-state index in [0.717, 1.165) is 16.7 Å². The molecular weight excluding hydrogens is 369 g/mol. The van der Waals surface area contributed by atoms with Gasteiger partial charge in [-0.3, -0.25) is 9.59 Å². The molecule has 4 rings (SSSR count). The molecule has 4 aromatic rings. The zero-order chi connectivity index (χ0) is 20.4. The van der Waals surface area contributed by atoms with Crippen molar-refractivity contribution < 1.29 is 9.18 Å². The number of benzene rings is 2. The molecule has 5 nitrogen and oxygen atoms in total. The average molecular weight is 387 g/mol. The van der Waals surface area contributed by atoms with Gasteiger partial charge in [-0.1, -0.05) is 36.4 Å². The van der Waals surface area contributed by atoms with E-state index >= 15 is 0 Å². The fourth-order valence-electron chi connectivity index (χ4n) is 3.24. The monoisotopic (exact) mass is 387 g/mol. The third-order valence-corrected chi connectivity index (χ3v) is 4.77. The summed E-state index contributed by atoms with van der Waals surface area (Å²) < 4.78 is 13.3. The molecule has 2 aromatic carbocycles. The molecule has 0 saturated heterocycles. The molecular formula is C23H18FN3O2. The molecule has 0 aliphatic carbocycles. The highest BCUT2D eigenvalue weighted by Gasteiger charge is 2.14. The molecule has 0 unspecified atom stereocenters. The number of aromatic nitrogens is 2. The van der Waals surface area contributed by atoms with Crippen LogP contribution in [0.15, 0.2) is 71.8 Å². The van der Waals surface area contributed by atoms with Gasteiger partial charge in [0.15, 0.2) is 0 Å². The van der Waals surface area contributed by atoms with Crippen molar-refractivity contribution in [3.8, 4) is 11.1 Å². The van der Waals surface area contributed by atoms with E-state index in [1.54, 1.807) is 24.4 Å². The molecule has 0 fully saturated rings. The number of carbonyl (C=O) groups is 1. The maximum absolute atomic E-state index is 13.3. The molecule has 0 aliphatic rings. The first-order valence-electron chi connectivity index (χ1n) is 9.13. The number of H-pyrrole nitrogens is 1. The summed E-state index contributed by atoms with van der Waals surface area (Å²) in [6.07, 6.45) is 3.05. The number of aromatic amines is 1. The number of fused-ring (bicyclic) bond motifs is 1. The van der Waals surface area contributed by atoms with Crippen molar-refractivity contribution in [1.82, 2.24) is 15.3 Å². The Morgan fingerprint density at radius 3 is 2.76 bits per heavy atom. The van der Waals surface area contributed by atoms with Crippen molar-refractivity contribution in [2.24, 2.45) is 0 Å². The lowest BCUT2D eigenvalue weighted by atomic mass is 10.0. The number of nitrogens with one attached hydrogen (secondary N) is 2. The minimum Gasteiger partial charge on any atom is -0.348 e. The van der Waals surface area contributed by atoms with Crippen LogP contribution in [0.2, 0.25) is 0 Å². The first kappa shape index (κ1) is 18.6. The second kappa shape index (κ2) is 7.67. The van der Waals surface area contributed by atoms with E-state index in [9.17, 15) is 14.0 Å². The number of carbonyl (C=O) groups excluding carboxylic acids is 1. The third kappa shape index (κ3) is 3.78. The van der Waals surface area contributed by atoms with Gasteiger partial charge < -0.3 is 10.3 Å². The van der Waals surface area contributed by atoms with Crippen LogP contribution in [0.3, 0.4) is 0 Å². The standard InChI is InChI=1S/C23H18FN3O2/c1-14-5-2-3-8-18(14)16-10-19-21(28)20(13-26-22(19)25-12-16)23(29)27-11-15-6-4-7-17(24)9-15/h2-10,12-13H,11H2,1H3,(H,27,29)(H,25,26,28). The van der Waals surface area contributed by atoms with Gasteiger partial charge in [0.2, 0.25) is 5.43 Å². The smallest absolute Gasteiger partial charge is 0.257 e. The molecule has 0 radical (unpaired) electrons. The molecule has 0 bridgehead atoms. The Kier molecular flexibility index (Phi) is 4.91. The molecule has 0 aliphatic heterocycles. The molecule has 29 heavy (non-hydrogen) atoms. The molecule has 0 spiro atoms. The van der Waals surface area contributed by atoms with Crippen LogP contribution in [0.1, 0.15) is 21.5 Å². The average Bonchev–Trinajstić information content (AvgIpc) is 2.73. The van der Waals surface area contributed by atoms with Gasteiger partial charge in [0.1, 0.15) is 17.0 Å². The quantitative estimate of drug-likeness (QED) is 0.556. The van der Waals surface area contributed by atoms with Crippen molar-refractivity contribution in [2.45, 2.75) is 13.5 Å². The number of hydrogen-bond donors (Lipinski definition) is 2. The minimum atomic E-state index is -0.529. The molecule has 2 aromatic heterocycles. The SMILES string of the molecule is Cc1ccccc1-c1cnc2[nH]cc(C(=O)NCc3cccc(F)c3)c(=O)c2c1. The second-order valence-electron chi connectivity index (χ2n) is 6.78. The van der Waals surface area contributed by atoms with Crippen molar-refractivity contribution in [1.29, 1.82) is 0 Å². The van der Waals surface area contributed by atoms with Crippen molar-refractivity contribution >= 4 is 16.9 Å². The van der Waals surface area contributed by atoms with Crippen LogP contribution >= 0.6 is 0 Å². The van der Waals surface area contributed by atoms with E-state index in [1.807, 2.05) is 31.2 Å². The van der Waals surface area contributed by atoms with Gasteiger partial charge in [0.25, 0.3) is 5.91 Å². The van der Waals surface area contributed by atoms with Crippen molar-refractivity contribution in [3.05, 3.63) is 99.7 Å². The first-order valence-corrected chi connectivity index (χ1v) is 9.13. The Hall–Kier alpha value is -3.80. The Labute approximate surface area is 166 Å². The van der Waals surface area contributed by atoms with Gasteiger partial charge in [0.05, 0.1) is 5.39 Å². The van der Waals surface area contributed by atoms with Gasteiger partial charge >= 0.3 is 0 Å². The Morgan fingerprint density at radius 1 is 1.14 bits per heavy atom. The highest BCUT2D eigenvalue weighted by atomic mass is 19.1. The lowest BCUT2D eigenvalue weighted by Gasteiger charge is -2.08. The fraction of sp³-hybridized carbons (Fsp3) is 0.0870. The Morgan fingerprint density at radius 2 is 1.97 bits per heavy atom. The maximum Gasteiger partial charge on any atom is 0.257 e. The largest absolute Gasteiger partial charge is 0.348 e. The lowest BCUT2D eigenvalue weighted by Crippen LogP contribution is -2.28. The minimum absolute atomic E-state index is 0.0161. The van der Waals surface area contributed by atoms with Crippen molar-refractivity contribution in [3.63, 3.8) is 0 Å². The fourth-order valence-corrected chi connectivity index (χ4v) is 3.24. The lowest BCUT2D eigenvalue weighted by molar-refractivity contribution is 0.0949. The van der Waals surface area contributed by atoms with Crippen LogP contribution in [0.4, 0.5) is 4.39 Å². The highest BCUT2D eigenvalue weighted by molar-refractivity contribution is 5.97. The van der Waals surface area contributed by atoms with Crippen LogP contribution in [0.25, 0.3) is 22.2 Å². The summed E-state index contributed by atoms with van der Waals surface area (Å²) in [5.74, 6) is -0.909. The van der Waals surface area contributed by atoms with Crippen molar-refractivity contribution in [2.75, 3.05) is 0 Å². The number of aryl methyl sites for hydroxylation is 1. The predicted molar refractivity (Wildman–Crippen MR) is 110 cm³/mol. The summed E-state index contributed by atoms with van der Waals surface area (Å²) in [5, 5.41) is 2.99. The third-order valence-electron chi connectivity index (χ3n) is 4.77. The molecule has 2 N–H and O–H groups in total. The van der Waals surface area contributed by atoms with E-state index in [2.05, 4.69) is 15.3 Å². The van der Waals surface area contributed by atoms with E-state index in [1.165, 1.54) is 18.3 Å². The number of rotatable bonds is 4. The zero-order valence-electron chi connectivity index (χ0n) is 15.7.